The Bertz CT molecular complexity index is 521. The molecule has 0 spiro atoms. The van der Waals surface area contributed by atoms with Gasteiger partial charge in [0.1, 0.15) is 0 Å². The number of hydrogen-bond donors (Lipinski definition) is 3. The first-order chi connectivity index (χ1) is 10.2. The topological polar surface area (TPSA) is 62.6 Å². The van der Waals surface area contributed by atoms with Gasteiger partial charge in [-0.2, -0.15) is 0 Å². The van der Waals surface area contributed by atoms with Crippen LogP contribution in [0, 0.1) is 0 Å². The third kappa shape index (κ3) is 6.72. The van der Waals surface area contributed by atoms with Crippen LogP contribution in [0.2, 0.25) is 0 Å². The summed E-state index contributed by atoms with van der Waals surface area (Å²) in [7, 11) is 1.84. The van der Waals surface area contributed by atoms with Crippen molar-refractivity contribution in [1.82, 2.24) is 5.32 Å². The van der Waals surface area contributed by atoms with Crippen LogP contribution in [0.3, 0.4) is 0 Å². The summed E-state index contributed by atoms with van der Waals surface area (Å²) in [6, 6.07) is 7.77. The number of likely N-dealkylation sites (N-methyl/N-ethyl adjacent to an activating group) is 1. The van der Waals surface area contributed by atoms with Crippen molar-refractivity contribution in [3.63, 3.8) is 0 Å². The molecule has 1 unspecified atom stereocenters. The standard InChI is InChI=1S/C17H27N3O2/c1-6-13-9-7-8-10-14(13)18-15(21)11-20(5)12-16(22)19-17(2,3)4/h7-10H,6,11-12H2,1-5H3,(H,18,21)(H,19,22)/p+1. The summed E-state index contributed by atoms with van der Waals surface area (Å²) in [6.45, 7) is 8.41. The average Bonchev–Trinajstić information content (AvgIpc) is 2.36. The maximum absolute atomic E-state index is 12.1. The van der Waals surface area contributed by atoms with E-state index in [-0.39, 0.29) is 30.4 Å². The molecule has 0 aliphatic rings. The van der Waals surface area contributed by atoms with Crippen LogP contribution in [0.15, 0.2) is 24.3 Å². The van der Waals surface area contributed by atoms with Crippen molar-refractivity contribution < 1.29 is 14.5 Å². The number of carbonyl (C=O) groups excluding carboxylic acids is 2. The highest BCUT2D eigenvalue weighted by molar-refractivity contribution is 5.92. The summed E-state index contributed by atoms with van der Waals surface area (Å²) in [6.07, 6.45) is 0.868. The first-order valence-corrected chi connectivity index (χ1v) is 7.71. The van der Waals surface area contributed by atoms with E-state index in [4.69, 9.17) is 0 Å². The van der Waals surface area contributed by atoms with E-state index in [1.807, 2.05) is 52.1 Å². The van der Waals surface area contributed by atoms with Gasteiger partial charge in [0.05, 0.1) is 7.05 Å². The van der Waals surface area contributed by atoms with Crippen LogP contribution in [-0.4, -0.2) is 37.5 Å². The average molecular weight is 306 g/mol. The van der Waals surface area contributed by atoms with Gasteiger partial charge in [-0.3, -0.25) is 9.59 Å². The highest BCUT2D eigenvalue weighted by Gasteiger charge is 2.19. The van der Waals surface area contributed by atoms with Crippen molar-refractivity contribution in [2.45, 2.75) is 39.7 Å². The van der Waals surface area contributed by atoms with Gasteiger partial charge in [0, 0.05) is 11.2 Å². The van der Waals surface area contributed by atoms with Gasteiger partial charge in [0.25, 0.3) is 11.8 Å². The number of benzene rings is 1. The summed E-state index contributed by atoms with van der Waals surface area (Å²) in [5, 5.41) is 5.82. The number of amides is 2. The Morgan fingerprint density at radius 1 is 1.09 bits per heavy atom. The zero-order chi connectivity index (χ0) is 16.8. The minimum absolute atomic E-state index is 0.0493. The molecule has 0 heterocycles. The van der Waals surface area contributed by atoms with Gasteiger partial charge in [-0.1, -0.05) is 25.1 Å². The lowest BCUT2D eigenvalue weighted by Crippen LogP contribution is -3.11. The fourth-order valence-corrected chi connectivity index (χ4v) is 2.22. The van der Waals surface area contributed by atoms with E-state index in [0.29, 0.717) is 0 Å². The van der Waals surface area contributed by atoms with Crippen molar-refractivity contribution in [3.05, 3.63) is 29.8 Å². The third-order valence-corrected chi connectivity index (χ3v) is 3.11. The van der Waals surface area contributed by atoms with Gasteiger partial charge in [0.15, 0.2) is 13.1 Å². The first-order valence-electron chi connectivity index (χ1n) is 7.71. The number of rotatable bonds is 6. The summed E-state index contributed by atoms with van der Waals surface area (Å²) in [5.41, 5.74) is 1.71. The number of anilines is 1. The van der Waals surface area contributed by atoms with Crippen LogP contribution < -0.4 is 15.5 Å². The number of aryl methyl sites for hydroxylation is 1. The van der Waals surface area contributed by atoms with Crippen molar-refractivity contribution in [3.8, 4) is 0 Å². The lowest BCUT2D eigenvalue weighted by atomic mass is 10.1. The maximum atomic E-state index is 12.1. The van der Waals surface area contributed by atoms with E-state index < -0.39 is 0 Å². The minimum Gasteiger partial charge on any atom is -0.347 e. The molecule has 0 saturated carbocycles. The minimum atomic E-state index is -0.250. The van der Waals surface area contributed by atoms with E-state index in [2.05, 4.69) is 17.6 Å². The Labute approximate surface area is 133 Å². The highest BCUT2D eigenvalue weighted by Crippen LogP contribution is 2.14. The van der Waals surface area contributed by atoms with E-state index in [0.717, 1.165) is 22.6 Å². The fourth-order valence-electron chi connectivity index (χ4n) is 2.22. The molecule has 1 aromatic rings. The van der Waals surface area contributed by atoms with Crippen LogP contribution in [0.4, 0.5) is 5.69 Å². The maximum Gasteiger partial charge on any atom is 0.279 e. The highest BCUT2D eigenvalue weighted by atomic mass is 16.2. The molecule has 0 saturated heterocycles. The van der Waals surface area contributed by atoms with Crippen LogP contribution >= 0.6 is 0 Å². The Kier molecular flexibility index (Phi) is 6.56. The predicted molar refractivity (Wildman–Crippen MR) is 89.0 cm³/mol. The van der Waals surface area contributed by atoms with E-state index >= 15 is 0 Å². The molecule has 0 radical (unpaired) electrons. The van der Waals surface area contributed by atoms with Gasteiger partial charge in [0.2, 0.25) is 0 Å². The Hall–Kier alpha value is -1.88. The number of nitrogens with one attached hydrogen (secondary N) is 3. The molecule has 5 nitrogen and oxygen atoms in total. The molecule has 1 aromatic carbocycles. The van der Waals surface area contributed by atoms with Crippen molar-refractivity contribution in [2.24, 2.45) is 0 Å². The van der Waals surface area contributed by atoms with Crippen LogP contribution in [-0.2, 0) is 16.0 Å². The zero-order valence-corrected chi connectivity index (χ0v) is 14.2. The molecule has 1 atom stereocenters. The second-order valence-corrected chi connectivity index (χ2v) is 6.67. The molecule has 0 aromatic heterocycles. The first kappa shape index (κ1) is 18.2. The SMILES string of the molecule is CCc1ccccc1NC(=O)C[NH+](C)CC(=O)NC(C)(C)C. The third-order valence-electron chi connectivity index (χ3n) is 3.11. The number of hydrogen-bond acceptors (Lipinski definition) is 2. The van der Waals surface area contributed by atoms with Crippen molar-refractivity contribution >= 4 is 17.5 Å². The fraction of sp³-hybridized carbons (Fsp3) is 0.529. The second-order valence-electron chi connectivity index (χ2n) is 6.67. The smallest absolute Gasteiger partial charge is 0.279 e. The molecule has 5 heteroatoms. The van der Waals surface area contributed by atoms with E-state index in [1.165, 1.54) is 0 Å². The largest absolute Gasteiger partial charge is 0.347 e. The number of quaternary nitrogens is 1. The number of carbonyl (C=O) groups is 2. The Balaban J connectivity index is 2.49. The lowest BCUT2D eigenvalue weighted by Gasteiger charge is -2.21. The molecule has 22 heavy (non-hydrogen) atoms. The van der Waals surface area contributed by atoms with Gasteiger partial charge >= 0.3 is 0 Å². The molecule has 122 valence electrons. The van der Waals surface area contributed by atoms with Gasteiger partial charge in [-0.15, -0.1) is 0 Å². The molecule has 0 aliphatic carbocycles. The molecule has 0 bridgehead atoms. The molecular formula is C17H28N3O2+. The summed E-state index contributed by atoms with van der Waals surface area (Å²) in [4.78, 5) is 24.8. The lowest BCUT2D eigenvalue weighted by molar-refractivity contribution is -0.862. The van der Waals surface area contributed by atoms with Gasteiger partial charge in [-0.25, -0.2) is 0 Å². The molecule has 2 amide bonds. The van der Waals surface area contributed by atoms with Crippen LogP contribution in [0.1, 0.15) is 33.3 Å². The number of para-hydroxylation sites is 1. The van der Waals surface area contributed by atoms with E-state index in [9.17, 15) is 9.59 Å². The molecule has 1 rings (SSSR count). The van der Waals surface area contributed by atoms with Crippen molar-refractivity contribution in [1.29, 1.82) is 0 Å². The van der Waals surface area contributed by atoms with Crippen LogP contribution in [0.5, 0.6) is 0 Å². The summed E-state index contributed by atoms with van der Waals surface area (Å²) >= 11 is 0. The monoisotopic (exact) mass is 306 g/mol. The molecule has 0 aliphatic heterocycles. The molecule has 0 fully saturated rings. The van der Waals surface area contributed by atoms with E-state index in [1.54, 1.807) is 0 Å². The van der Waals surface area contributed by atoms with Crippen LogP contribution in [0.25, 0.3) is 0 Å². The Morgan fingerprint density at radius 2 is 1.68 bits per heavy atom. The van der Waals surface area contributed by atoms with Gasteiger partial charge < -0.3 is 15.5 Å². The molecular weight excluding hydrogens is 278 g/mol. The van der Waals surface area contributed by atoms with Gasteiger partial charge in [-0.05, 0) is 38.8 Å². The summed E-state index contributed by atoms with van der Waals surface area (Å²) < 4.78 is 0. The Morgan fingerprint density at radius 3 is 2.27 bits per heavy atom. The quantitative estimate of drug-likeness (QED) is 0.721. The summed E-state index contributed by atoms with van der Waals surface area (Å²) in [5.74, 6) is -0.131. The predicted octanol–water partition coefficient (Wildman–Crippen LogP) is 0.617. The van der Waals surface area contributed by atoms with Crippen molar-refractivity contribution in [2.75, 3.05) is 25.5 Å². The molecule has 3 N–H and O–H groups in total. The second kappa shape index (κ2) is 7.94. The zero-order valence-electron chi connectivity index (χ0n) is 14.2. The normalized spacial score (nSPS) is 12.6.